The zero-order valence-electron chi connectivity index (χ0n) is 20.1. The average molecular weight is 471 g/mol. The fourth-order valence-electron chi connectivity index (χ4n) is 5.68. The van der Waals surface area contributed by atoms with Gasteiger partial charge in [-0.2, -0.15) is 9.97 Å². The number of hydrogen-bond acceptors (Lipinski definition) is 8. The maximum Gasteiger partial charge on any atom is 0.251 e. The highest BCUT2D eigenvalue weighted by Gasteiger charge is 2.28. The van der Waals surface area contributed by atoms with E-state index in [1.54, 1.807) is 4.90 Å². The molecule has 5 rings (SSSR count). The molecular weight excluding hydrogens is 432 g/mol. The summed E-state index contributed by atoms with van der Waals surface area (Å²) in [5, 5.41) is 16.8. The van der Waals surface area contributed by atoms with Crippen molar-refractivity contribution in [1.29, 1.82) is 0 Å². The Morgan fingerprint density at radius 1 is 1.03 bits per heavy atom. The van der Waals surface area contributed by atoms with Crippen molar-refractivity contribution in [3.05, 3.63) is 6.33 Å². The third-order valence-electron chi connectivity index (χ3n) is 7.75. The summed E-state index contributed by atoms with van der Waals surface area (Å²) in [6, 6.07) is 1.27. The number of anilines is 2. The first-order valence-corrected chi connectivity index (χ1v) is 13.0. The Bertz CT molecular complexity index is 986. The molecule has 34 heavy (non-hydrogen) atoms. The van der Waals surface area contributed by atoms with Gasteiger partial charge in [0.05, 0.1) is 6.33 Å². The van der Waals surface area contributed by atoms with Gasteiger partial charge in [-0.15, -0.1) is 0 Å². The normalized spacial score (nSPS) is 25.6. The van der Waals surface area contributed by atoms with Crippen LogP contribution in [0.2, 0.25) is 0 Å². The molecule has 0 spiro atoms. The van der Waals surface area contributed by atoms with E-state index in [0.717, 1.165) is 68.3 Å². The lowest BCUT2D eigenvalue weighted by Crippen LogP contribution is -2.45. The van der Waals surface area contributed by atoms with E-state index in [1.165, 1.54) is 19.8 Å². The predicted molar refractivity (Wildman–Crippen MR) is 132 cm³/mol. The van der Waals surface area contributed by atoms with E-state index in [-0.39, 0.29) is 11.9 Å². The van der Waals surface area contributed by atoms with Gasteiger partial charge in [-0.1, -0.05) is 12.8 Å². The van der Waals surface area contributed by atoms with Crippen LogP contribution in [0, 0.1) is 0 Å². The molecule has 2 aliphatic carbocycles. The van der Waals surface area contributed by atoms with Crippen LogP contribution >= 0.6 is 0 Å². The third-order valence-corrected chi connectivity index (χ3v) is 7.75. The molecule has 1 aliphatic heterocycles. The molecule has 2 aromatic heterocycles. The lowest BCUT2D eigenvalue weighted by molar-refractivity contribution is -0.140. The summed E-state index contributed by atoms with van der Waals surface area (Å²) in [6.45, 7) is 2.78. The summed E-state index contributed by atoms with van der Waals surface area (Å²) >= 11 is 0. The van der Waals surface area contributed by atoms with Crippen LogP contribution in [0.3, 0.4) is 0 Å². The highest BCUT2D eigenvalue weighted by molar-refractivity contribution is 5.84. The number of carbonyl (C=O) groups excluding carboxylic acids is 1. The molecular formula is C24H38N8O2. The van der Waals surface area contributed by atoms with E-state index in [1.807, 2.05) is 6.33 Å². The van der Waals surface area contributed by atoms with Crippen molar-refractivity contribution in [2.45, 2.75) is 101 Å². The van der Waals surface area contributed by atoms with Crippen molar-refractivity contribution in [3.8, 4) is 0 Å². The number of amides is 1. The van der Waals surface area contributed by atoms with Crippen LogP contribution < -0.4 is 16.4 Å². The highest BCUT2D eigenvalue weighted by atomic mass is 16.3. The van der Waals surface area contributed by atoms with E-state index < -0.39 is 6.10 Å². The van der Waals surface area contributed by atoms with Gasteiger partial charge in [-0.25, -0.2) is 4.98 Å². The minimum absolute atomic E-state index is 0.188. The number of fused-ring (bicyclic) bond motifs is 1. The van der Waals surface area contributed by atoms with E-state index in [2.05, 4.69) is 15.2 Å². The van der Waals surface area contributed by atoms with Crippen molar-refractivity contribution >= 4 is 28.8 Å². The molecule has 0 radical (unpaired) electrons. The summed E-state index contributed by atoms with van der Waals surface area (Å²) < 4.78 is 2.24. The van der Waals surface area contributed by atoms with E-state index >= 15 is 0 Å². The summed E-state index contributed by atoms with van der Waals surface area (Å²) in [5.41, 5.74) is 7.80. The maximum atomic E-state index is 12.1. The van der Waals surface area contributed by atoms with E-state index in [9.17, 15) is 9.90 Å². The molecule has 5 N–H and O–H groups in total. The Labute approximate surface area is 200 Å². The number of carbonyl (C=O) groups is 1. The van der Waals surface area contributed by atoms with Crippen LogP contribution in [0.4, 0.5) is 11.8 Å². The van der Waals surface area contributed by atoms with Crippen LogP contribution in [-0.2, 0) is 4.79 Å². The van der Waals surface area contributed by atoms with Crippen LogP contribution in [0.15, 0.2) is 6.33 Å². The molecule has 0 bridgehead atoms. The van der Waals surface area contributed by atoms with Crippen LogP contribution in [0.25, 0.3) is 11.2 Å². The van der Waals surface area contributed by atoms with Gasteiger partial charge >= 0.3 is 0 Å². The number of hydrogen-bond donors (Lipinski definition) is 4. The summed E-state index contributed by atoms with van der Waals surface area (Å²) in [6.07, 6.45) is 11.5. The fourth-order valence-corrected chi connectivity index (χ4v) is 5.68. The Morgan fingerprint density at radius 3 is 2.38 bits per heavy atom. The number of rotatable bonds is 6. The van der Waals surface area contributed by atoms with Gasteiger partial charge < -0.3 is 30.9 Å². The zero-order valence-corrected chi connectivity index (χ0v) is 20.1. The van der Waals surface area contributed by atoms with E-state index in [0.29, 0.717) is 37.2 Å². The third kappa shape index (κ3) is 4.98. The molecule has 0 aromatic carbocycles. The number of nitrogens with one attached hydrogen (secondary N) is 2. The Morgan fingerprint density at radius 2 is 1.71 bits per heavy atom. The minimum Gasteiger partial charge on any atom is -0.384 e. The number of aromatic nitrogens is 4. The number of aliphatic hydroxyl groups excluding tert-OH is 1. The van der Waals surface area contributed by atoms with Crippen molar-refractivity contribution in [3.63, 3.8) is 0 Å². The second-order valence-corrected chi connectivity index (χ2v) is 10.3. The van der Waals surface area contributed by atoms with Crippen molar-refractivity contribution in [1.82, 2.24) is 24.4 Å². The van der Waals surface area contributed by atoms with Gasteiger partial charge in [0.1, 0.15) is 6.10 Å². The van der Waals surface area contributed by atoms with E-state index in [4.69, 9.17) is 20.7 Å². The van der Waals surface area contributed by atoms with Crippen molar-refractivity contribution in [2.75, 3.05) is 23.7 Å². The topological polar surface area (TPSA) is 134 Å². The number of imidazole rings is 1. The van der Waals surface area contributed by atoms with Crippen LogP contribution in [-0.4, -0.2) is 72.8 Å². The van der Waals surface area contributed by atoms with Gasteiger partial charge in [0.15, 0.2) is 17.0 Å². The molecule has 10 heteroatoms. The number of nitrogens with two attached hydrogens (primary N) is 1. The second kappa shape index (κ2) is 10.0. The molecule has 1 saturated heterocycles. The van der Waals surface area contributed by atoms with Crippen molar-refractivity contribution in [2.24, 2.45) is 5.73 Å². The SMILES string of the molecule is C[C@H](O)C(=O)N1CCC(Nc2nc(N[C@H]3CC[C@H](N)CC3)nc3c2ncn3C2CCCC2)CC1. The smallest absolute Gasteiger partial charge is 0.251 e. The van der Waals surface area contributed by atoms with Crippen LogP contribution in [0.1, 0.15) is 77.2 Å². The molecule has 2 saturated carbocycles. The molecule has 3 aliphatic rings. The largest absolute Gasteiger partial charge is 0.384 e. The average Bonchev–Trinajstić information content (AvgIpc) is 3.50. The number of nitrogens with zero attached hydrogens (tertiary/aromatic N) is 5. The van der Waals surface area contributed by atoms with Gasteiger partial charge in [-0.3, -0.25) is 4.79 Å². The number of aliphatic hydroxyl groups is 1. The molecule has 1 atom stereocenters. The summed E-state index contributed by atoms with van der Waals surface area (Å²) in [5.74, 6) is 1.21. The summed E-state index contributed by atoms with van der Waals surface area (Å²) in [7, 11) is 0. The van der Waals surface area contributed by atoms with Gasteiger partial charge in [0, 0.05) is 37.3 Å². The first-order chi connectivity index (χ1) is 16.5. The van der Waals surface area contributed by atoms with Crippen molar-refractivity contribution < 1.29 is 9.90 Å². The minimum atomic E-state index is -0.950. The predicted octanol–water partition coefficient (Wildman–Crippen LogP) is 2.41. The maximum absolute atomic E-state index is 12.1. The zero-order chi connectivity index (χ0) is 23.7. The molecule has 1 amide bonds. The molecule has 3 heterocycles. The van der Waals surface area contributed by atoms with Gasteiger partial charge in [0.2, 0.25) is 5.95 Å². The standard InChI is InChI=1S/C24H38N8O2/c1-15(33)23(34)31-12-10-18(11-13-31)27-21-20-22(32(14-26-20)19-4-2-3-5-19)30-24(29-21)28-17-8-6-16(25)7-9-17/h14-19,33H,2-13,25H2,1H3,(H2,27,28,29,30)/t15-,16-,17-/m0/s1. The summed E-state index contributed by atoms with van der Waals surface area (Å²) in [4.78, 5) is 28.4. The monoisotopic (exact) mass is 470 g/mol. The number of likely N-dealkylation sites (tertiary alicyclic amines) is 1. The first-order valence-electron chi connectivity index (χ1n) is 13.0. The first kappa shape index (κ1) is 23.3. The molecule has 0 unspecified atom stereocenters. The lowest BCUT2D eigenvalue weighted by atomic mass is 9.92. The molecule has 10 nitrogen and oxygen atoms in total. The van der Waals surface area contributed by atoms with Gasteiger partial charge in [0.25, 0.3) is 5.91 Å². The molecule has 186 valence electrons. The quantitative estimate of drug-likeness (QED) is 0.506. The highest BCUT2D eigenvalue weighted by Crippen LogP contribution is 2.33. The fraction of sp³-hybridized carbons (Fsp3) is 0.750. The Kier molecular flexibility index (Phi) is 6.87. The molecule has 3 fully saturated rings. The molecule has 2 aromatic rings. The lowest BCUT2D eigenvalue weighted by Gasteiger charge is -2.33. The Balaban J connectivity index is 1.37. The van der Waals surface area contributed by atoms with Crippen LogP contribution in [0.5, 0.6) is 0 Å². The number of piperidine rings is 1. The second-order valence-electron chi connectivity index (χ2n) is 10.3. The Hall–Kier alpha value is -2.46. The van der Waals surface area contributed by atoms with Gasteiger partial charge in [-0.05, 0) is 58.3 Å².